The van der Waals surface area contributed by atoms with E-state index in [1.807, 2.05) is 12.1 Å². The van der Waals surface area contributed by atoms with Crippen LogP contribution in [0, 0.1) is 5.82 Å². The maximum Gasteiger partial charge on any atom is 0.148 e. The molecule has 2 aromatic rings. The van der Waals surface area contributed by atoms with Gasteiger partial charge in [0, 0.05) is 11.6 Å². The maximum absolute atomic E-state index is 12.8. The summed E-state index contributed by atoms with van der Waals surface area (Å²) in [6.45, 7) is 0. The number of anilines is 1. The molecule has 6 heteroatoms. The zero-order chi connectivity index (χ0) is 11.7. The van der Waals surface area contributed by atoms with Gasteiger partial charge in [0.15, 0.2) is 0 Å². The van der Waals surface area contributed by atoms with Crippen LogP contribution in [0.15, 0.2) is 36.4 Å². The van der Waals surface area contributed by atoms with Crippen LogP contribution in [0.25, 0.3) is 11.3 Å². The van der Waals surface area contributed by atoms with Crippen LogP contribution >= 0.6 is 24.8 Å². The van der Waals surface area contributed by atoms with Crippen molar-refractivity contribution in [1.29, 1.82) is 0 Å². The van der Waals surface area contributed by atoms with Gasteiger partial charge in [-0.3, -0.25) is 0 Å². The summed E-state index contributed by atoms with van der Waals surface area (Å²) >= 11 is 0. The molecule has 0 radical (unpaired) electrons. The third-order valence-electron chi connectivity index (χ3n) is 2.73. The van der Waals surface area contributed by atoms with E-state index in [0.717, 1.165) is 17.1 Å². The molecule has 19 heavy (non-hydrogen) atoms. The summed E-state index contributed by atoms with van der Waals surface area (Å²) < 4.78 is 12.8. The van der Waals surface area contributed by atoms with Crippen LogP contribution in [0.4, 0.5) is 10.2 Å². The molecular formula is C13H14Cl2FN3. The first kappa shape index (κ1) is 15.7. The summed E-state index contributed by atoms with van der Waals surface area (Å²) in [5, 5.41) is 11.5. The molecule has 1 saturated carbocycles. The van der Waals surface area contributed by atoms with E-state index in [9.17, 15) is 4.39 Å². The van der Waals surface area contributed by atoms with Crippen molar-refractivity contribution in [3.8, 4) is 11.3 Å². The lowest BCUT2D eigenvalue weighted by atomic mass is 10.1. The van der Waals surface area contributed by atoms with Gasteiger partial charge in [-0.05, 0) is 49.2 Å². The van der Waals surface area contributed by atoms with Gasteiger partial charge in [-0.2, -0.15) is 0 Å². The monoisotopic (exact) mass is 301 g/mol. The van der Waals surface area contributed by atoms with Gasteiger partial charge < -0.3 is 5.32 Å². The number of hydrogen-bond acceptors (Lipinski definition) is 3. The normalized spacial score (nSPS) is 13.1. The number of nitrogens with zero attached hydrogens (tertiary/aromatic N) is 2. The Bertz CT molecular complexity index is 512. The average molecular weight is 302 g/mol. The van der Waals surface area contributed by atoms with Gasteiger partial charge in [-0.15, -0.1) is 35.0 Å². The minimum Gasteiger partial charge on any atom is -0.366 e. The van der Waals surface area contributed by atoms with Gasteiger partial charge in [-0.25, -0.2) is 4.39 Å². The molecule has 0 atom stereocenters. The van der Waals surface area contributed by atoms with Crippen LogP contribution < -0.4 is 5.32 Å². The third-order valence-corrected chi connectivity index (χ3v) is 2.73. The Balaban J connectivity index is 0.000000902. The summed E-state index contributed by atoms with van der Waals surface area (Å²) in [7, 11) is 0. The van der Waals surface area contributed by atoms with Gasteiger partial charge in [0.1, 0.15) is 11.6 Å². The topological polar surface area (TPSA) is 37.8 Å². The van der Waals surface area contributed by atoms with E-state index in [-0.39, 0.29) is 30.6 Å². The highest BCUT2D eigenvalue weighted by molar-refractivity contribution is 5.85. The highest BCUT2D eigenvalue weighted by Crippen LogP contribution is 2.24. The van der Waals surface area contributed by atoms with Crippen molar-refractivity contribution >= 4 is 30.6 Å². The van der Waals surface area contributed by atoms with Crippen molar-refractivity contribution in [2.75, 3.05) is 5.32 Å². The summed E-state index contributed by atoms with van der Waals surface area (Å²) in [4.78, 5) is 0. The lowest BCUT2D eigenvalue weighted by molar-refractivity contribution is 0.628. The first-order chi connectivity index (χ1) is 8.31. The molecule has 0 aliphatic heterocycles. The molecule has 3 rings (SSSR count). The zero-order valence-corrected chi connectivity index (χ0v) is 11.7. The van der Waals surface area contributed by atoms with Crippen LogP contribution in [-0.2, 0) is 0 Å². The van der Waals surface area contributed by atoms with Crippen molar-refractivity contribution in [3.05, 3.63) is 42.2 Å². The SMILES string of the molecule is Cl.Cl.Fc1ccc(-c2ccc(NC3CC3)nn2)cc1. The standard InChI is InChI=1S/C13H12FN3.2ClH/c14-10-3-1-9(2-4-10)12-7-8-13(17-16-12)15-11-5-6-11;;/h1-4,7-8,11H,5-6H2,(H,15,17);2*1H. The number of hydrogen-bond donors (Lipinski definition) is 1. The minimum absolute atomic E-state index is 0. The number of halogens is 3. The second-order valence-corrected chi connectivity index (χ2v) is 4.23. The van der Waals surface area contributed by atoms with E-state index >= 15 is 0 Å². The first-order valence-electron chi connectivity index (χ1n) is 5.67. The largest absolute Gasteiger partial charge is 0.366 e. The molecule has 3 nitrogen and oxygen atoms in total. The highest BCUT2D eigenvalue weighted by Gasteiger charge is 2.21. The van der Waals surface area contributed by atoms with Crippen molar-refractivity contribution < 1.29 is 4.39 Å². The molecule has 1 N–H and O–H groups in total. The molecule has 0 saturated heterocycles. The quantitative estimate of drug-likeness (QED) is 0.939. The Morgan fingerprint density at radius 1 is 0.947 bits per heavy atom. The molecule has 1 aliphatic rings. The Morgan fingerprint density at radius 2 is 1.63 bits per heavy atom. The lowest BCUT2D eigenvalue weighted by Gasteiger charge is -2.03. The van der Waals surface area contributed by atoms with Crippen molar-refractivity contribution in [2.24, 2.45) is 0 Å². The molecule has 1 fully saturated rings. The second kappa shape index (κ2) is 6.68. The molecule has 0 unspecified atom stereocenters. The second-order valence-electron chi connectivity index (χ2n) is 4.23. The fourth-order valence-corrected chi connectivity index (χ4v) is 1.62. The van der Waals surface area contributed by atoms with Gasteiger partial charge in [0.2, 0.25) is 0 Å². The van der Waals surface area contributed by atoms with E-state index < -0.39 is 0 Å². The summed E-state index contributed by atoms with van der Waals surface area (Å²) in [5.41, 5.74) is 1.63. The first-order valence-corrected chi connectivity index (χ1v) is 5.67. The smallest absolute Gasteiger partial charge is 0.148 e. The van der Waals surface area contributed by atoms with Crippen LogP contribution in [0.5, 0.6) is 0 Å². The van der Waals surface area contributed by atoms with E-state index in [4.69, 9.17) is 0 Å². The number of nitrogens with one attached hydrogen (secondary N) is 1. The predicted molar refractivity (Wildman–Crippen MR) is 78.6 cm³/mol. The summed E-state index contributed by atoms with van der Waals surface area (Å²) in [6.07, 6.45) is 2.42. The van der Waals surface area contributed by atoms with E-state index in [0.29, 0.717) is 6.04 Å². The van der Waals surface area contributed by atoms with Crippen molar-refractivity contribution in [3.63, 3.8) is 0 Å². The fraction of sp³-hybridized carbons (Fsp3) is 0.231. The Hall–Kier alpha value is -1.39. The van der Waals surface area contributed by atoms with Gasteiger partial charge in [-0.1, -0.05) is 0 Å². The van der Waals surface area contributed by atoms with Gasteiger partial charge >= 0.3 is 0 Å². The van der Waals surface area contributed by atoms with Crippen molar-refractivity contribution in [1.82, 2.24) is 10.2 Å². The third kappa shape index (κ3) is 4.04. The molecule has 0 spiro atoms. The Labute approximate surface area is 123 Å². The maximum atomic E-state index is 12.8. The predicted octanol–water partition coefficient (Wildman–Crippen LogP) is 3.70. The Kier molecular flexibility index (Phi) is 5.51. The van der Waals surface area contributed by atoms with E-state index in [1.165, 1.54) is 25.0 Å². The lowest BCUT2D eigenvalue weighted by Crippen LogP contribution is -2.03. The van der Waals surface area contributed by atoms with Gasteiger partial charge in [0.05, 0.1) is 5.69 Å². The van der Waals surface area contributed by atoms with Crippen LogP contribution in [0.3, 0.4) is 0 Å². The summed E-state index contributed by atoms with van der Waals surface area (Å²) in [5.74, 6) is 0.562. The molecule has 0 amide bonds. The molecule has 1 aromatic carbocycles. The average Bonchev–Trinajstić information content (AvgIpc) is 3.15. The van der Waals surface area contributed by atoms with Gasteiger partial charge in [0.25, 0.3) is 0 Å². The summed E-state index contributed by atoms with van der Waals surface area (Å²) in [6, 6.07) is 10.6. The number of rotatable bonds is 3. The number of benzene rings is 1. The molecule has 102 valence electrons. The fourth-order valence-electron chi connectivity index (χ4n) is 1.62. The van der Waals surface area contributed by atoms with Crippen LogP contribution in [0.1, 0.15) is 12.8 Å². The minimum atomic E-state index is -0.242. The van der Waals surface area contributed by atoms with E-state index in [1.54, 1.807) is 12.1 Å². The van der Waals surface area contributed by atoms with Crippen molar-refractivity contribution in [2.45, 2.75) is 18.9 Å². The van der Waals surface area contributed by atoms with Crippen LogP contribution in [0.2, 0.25) is 0 Å². The Morgan fingerprint density at radius 3 is 2.16 bits per heavy atom. The molecule has 1 aliphatic carbocycles. The van der Waals surface area contributed by atoms with E-state index in [2.05, 4.69) is 15.5 Å². The highest BCUT2D eigenvalue weighted by atomic mass is 35.5. The molecule has 1 heterocycles. The number of aromatic nitrogens is 2. The molecular weight excluding hydrogens is 288 g/mol. The molecule has 0 bridgehead atoms. The zero-order valence-electron chi connectivity index (χ0n) is 10.0. The van der Waals surface area contributed by atoms with Crippen LogP contribution in [-0.4, -0.2) is 16.2 Å². The molecule has 1 aromatic heterocycles.